The zero-order valence-electron chi connectivity index (χ0n) is 28.2. The van der Waals surface area contributed by atoms with Gasteiger partial charge in [0.2, 0.25) is 11.8 Å². The molecular formula is C39H47N3O8. The van der Waals surface area contributed by atoms with E-state index in [-0.39, 0.29) is 52.3 Å². The zero-order chi connectivity index (χ0) is 36.0. The van der Waals surface area contributed by atoms with Crippen molar-refractivity contribution in [1.82, 2.24) is 16.0 Å². The predicted molar refractivity (Wildman–Crippen MR) is 189 cm³/mol. The highest BCUT2D eigenvalue weighted by atomic mass is 16.6. The van der Waals surface area contributed by atoms with Gasteiger partial charge < -0.3 is 35.3 Å². The lowest BCUT2D eigenvalue weighted by molar-refractivity contribution is -0.148. The van der Waals surface area contributed by atoms with Crippen LogP contribution >= 0.6 is 0 Å². The summed E-state index contributed by atoms with van der Waals surface area (Å²) in [5.41, 5.74) is 2.65. The van der Waals surface area contributed by atoms with E-state index in [0.717, 1.165) is 16.7 Å². The summed E-state index contributed by atoms with van der Waals surface area (Å²) in [7, 11) is 0. The Labute approximate surface area is 293 Å². The molecule has 0 heterocycles. The molecule has 4 atom stereocenters. The predicted octanol–water partition coefficient (Wildman–Crippen LogP) is 4.40. The number of nitrogens with one attached hydrogen (secondary N) is 3. The fraction of sp³-hybridized carbons (Fsp3) is 0.333. The molecule has 0 spiro atoms. The Balaban J connectivity index is 1.61. The van der Waals surface area contributed by atoms with Gasteiger partial charge in [-0.25, -0.2) is 9.59 Å². The smallest absolute Gasteiger partial charge is 0.408 e. The van der Waals surface area contributed by atoms with E-state index in [1.54, 1.807) is 18.2 Å². The van der Waals surface area contributed by atoms with E-state index in [9.17, 15) is 24.3 Å². The maximum atomic E-state index is 13.5. The first kappa shape index (κ1) is 39.2. The van der Waals surface area contributed by atoms with Crippen LogP contribution in [0.3, 0.4) is 0 Å². The largest absolute Gasteiger partial charge is 0.462 e. The second-order valence-corrected chi connectivity index (χ2v) is 11.7. The van der Waals surface area contributed by atoms with Crippen molar-refractivity contribution in [3.8, 4) is 0 Å². The van der Waals surface area contributed by atoms with Gasteiger partial charge in [-0.2, -0.15) is 0 Å². The molecule has 0 aliphatic heterocycles. The first-order valence-electron chi connectivity index (χ1n) is 16.5. The van der Waals surface area contributed by atoms with Crippen LogP contribution in [0.5, 0.6) is 0 Å². The first-order chi connectivity index (χ1) is 24.3. The van der Waals surface area contributed by atoms with Crippen molar-refractivity contribution >= 4 is 23.9 Å². The lowest BCUT2D eigenvalue weighted by Gasteiger charge is -2.24. The maximum Gasteiger partial charge on any atom is 0.408 e. The van der Waals surface area contributed by atoms with E-state index in [2.05, 4.69) is 29.1 Å². The molecule has 11 heteroatoms. The van der Waals surface area contributed by atoms with Crippen molar-refractivity contribution in [2.45, 2.75) is 57.0 Å². The molecule has 3 amide bonds. The minimum absolute atomic E-state index is 0.0107. The van der Waals surface area contributed by atoms with Gasteiger partial charge in [0.25, 0.3) is 0 Å². The SMILES string of the molecule is C=CCC(CC(=O)NC(CO)Cc1ccccc1)C(=O)NC(COCc1ccccc1)COC(=O)C(CC=C)NC(=O)OCc1ccccc1. The van der Waals surface area contributed by atoms with Crippen molar-refractivity contribution in [2.75, 3.05) is 19.8 Å². The highest BCUT2D eigenvalue weighted by molar-refractivity contribution is 5.86. The van der Waals surface area contributed by atoms with Gasteiger partial charge in [-0.3, -0.25) is 9.59 Å². The highest BCUT2D eigenvalue weighted by Crippen LogP contribution is 2.13. The van der Waals surface area contributed by atoms with Crippen LogP contribution in [0.25, 0.3) is 0 Å². The second-order valence-electron chi connectivity index (χ2n) is 11.7. The van der Waals surface area contributed by atoms with Gasteiger partial charge in [0.05, 0.1) is 37.8 Å². The molecule has 0 aliphatic rings. The molecule has 11 nitrogen and oxygen atoms in total. The van der Waals surface area contributed by atoms with Gasteiger partial charge >= 0.3 is 12.1 Å². The van der Waals surface area contributed by atoms with Crippen molar-refractivity contribution < 1.29 is 38.5 Å². The Morgan fingerprint density at radius 3 is 1.84 bits per heavy atom. The molecule has 266 valence electrons. The number of aliphatic hydroxyl groups is 1. The Morgan fingerprint density at radius 1 is 0.680 bits per heavy atom. The van der Waals surface area contributed by atoms with Crippen molar-refractivity contribution in [2.24, 2.45) is 5.92 Å². The molecule has 50 heavy (non-hydrogen) atoms. The number of alkyl carbamates (subject to hydrolysis) is 1. The van der Waals surface area contributed by atoms with Gasteiger partial charge in [0, 0.05) is 6.42 Å². The fourth-order valence-electron chi connectivity index (χ4n) is 4.97. The number of allylic oxidation sites excluding steroid dienone is 1. The van der Waals surface area contributed by atoms with Gasteiger partial charge in [-0.15, -0.1) is 13.2 Å². The van der Waals surface area contributed by atoms with Crippen LogP contribution in [-0.2, 0) is 48.2 Å². The Kier molecular flexibility index (Phi) is 17.5. The normalized spacial score (nSPS) is 13.1. The number of ether oxygens (including phenoxy) is 3. The van der Waals surface area contributed by atoms with E-state index in [1.807, 2.05) is 78.9 Å². The van der Waals surface area contributed by atoms with Crippen LogP contribution in [-0.4, -0.2) is 66.9 Å². The third-order valence-corrected chi connectivity index (χ3v) is 7.56. The molecule has 0 radical (unpaired) electrons. The third-order valence-electron chi connectivity index (χ3n) is 7.56. The van der Waals surface area contributed by atoms with E-state index in [1.165, 1.54) is 6.08 Å². The summed E-state index contributed by atoms with van der Waals surface area (Å²) >= 11 is 0. The minimum Gasteiger partial charge on any atom is -0.462 e. The summed E-state index contributed by atoms with van der Waals surface area (Å²) in [6.07, 6.45) is 2.78. The molecule has 0 aliphatic carbocycles. The molecule has 0 aromatic heterocycles. The first-order valence-corrected chi connectivity index (χ1v) is 16.5. The molecule has 3 aromatic rings. The van der Waals surface area contributed by atoms with Crippen LogP contribution in [0, 0.1) is 5.92 Å². The Hall–Kier alpha value is -5.26. The summed E-state index contributed by atoms with van der Waals surface area (Å²) in [5.74, 6) is -2.40. The summed E-state index contributed by atoms with van der Waals surface area (Å²) in [4.78, 5) is 52.0. The quantitative estimate of drug-likeness (QED) is 0.0898. The summed E-state index contributed by atoms with van der Waals surface area (Å²) in [6, 6.07) is 25.6. The van der Waals surface area contributed by atoms with E-state index < -0.39 is 47.9 Å². The van der Waals surface area contributed by atoms with Gasteiger partial charge in [0.15, 0.2) is 0 Å². The third kappa shape index (κ3) is 14.9. The lowest BCUT2D eigenvalue weighted by Crippen LogP contribution is -2.48. The average Bonchev–Trinajstić information content (AvgIpc) is 3.13. The number of benzene rings is 3. The monoisotopic (exact) mass is 685 g/mol. The maximum absolute atomic E-state index is 13.5. The molecule has 4 N–H and O–H groups in total. The molecule has 0 saturated heterocycles. The van der Waals surface area contributed by atoms with Crippen molar-refractivity contribution in [3.63, 3.8) is 0 Å². The van der Waals surface area contributed by atoms with Crippen molar-refractivity contribution in [1.29, 1.82) is 0 Å². The number of carbonyl (C=O) groups is 4. The molecule has 3 rings (SSSR count). The van der Waals surface area contributed by atoms with Crippen LogP contribution in [0.2, 0.25) is 0 Å². The highest BCUT2D eigenvalue weighted by Gasteiger charge is 2.27. The number of rotatable bonds is 22. The average molecular weight is 686 g/mol. The number of esters is 1. The van der Waals surface area contributed by atoms with Crippen LogP contribution in [0.15, 0.2) is 116 Å². The molecule has 0 saturated carbocycles. The molecule has 0 fully saturated rings. The Bertz CT molecular complexity index is 1490. The second kappa shape index (κ2) is 22.4. The molecule has 0 bridgehead atoms. The summed E-state index contributed by atoms with van der Waals surface area (Å²) in [5, 5.41) is 18.0. The Morgan fingerprint density at radius 2 is 1.26 bits per heavy atom. The summed E-state index contributed by atoms with van der Waals surface area (Å²) < 4.78 is 16.7. The number of aliphatic hydroxyl groups excluding tert-OH is 1. The van der Waals surface area contributed by atoms with E-state index in [0.29, 0.717) is 6.42 Å². The number of hydrogen-bond donors (Lipinski definition) is 4. The van der Waals surface area contributed by atoms with Gasteiger partial charge in [-0.05, 0) is 36.0 Å². The van der Waals surface area contributed by atoms with Crippen molar-refractivity contribution in [3.05, 3.63) is 133 Å². The van der Waals surface area contributed by atoms with Gasteiger partial charge in [-0.1, -0.05) is 103 Å². The number of amides is 3. The lowest BCUT2D eigenvalue weighted by atomic mass is 9.98. The molecular weight excluding hydrogens is 638 g/mol. The van der Waals surface area contributed by atoms with E-state index in [4.69, 9.17) is 14.2 Å². The van der Waals surface area contributed by atoms with E-state index >= 15 is 0 Å². The molecule has 3 aromatic carbocycles. The van der Waals surface area contributed by atoms with Crippen LogP contribution < -0.4 is 16.0 Å². The summed E-state index contributed by atoms with van der Waals surface area (Å²) in [6.45, 7) is 7.12. The zero-order valence-corrected chi connectivity index (χ0v) is 28.2. The number of hydrogen-bond acceptors (Lipinski definition) is 8. The van der Waals surface area contributed by atoms with Gasteiger partial charge in [0.1, 0.15) is 19.3 Å². The fourth-order valence-corrected chi connectivity index (χ4v) is 4.97. The van der Waals surface area contributed by atoms with Crippen LogP contribution in [0.1, 0.15) is 36.0 Å². The number of carbonyl (C=O) groups excluding carboxylic acids is 4. The topological polar surface area (TPSA) is 152 Å². The molecule has 4 unspecified atom stereocenters. The standard InChI is InChI=1S/C39H47N3O8/c1-3-14-32(23-36(44)40-33(24-43)22-29-16-8-5-9-17-29)37(45)41-34(27-48-25-30-18-10-6-11-19-30)28-49-38(46)35(15-4-2)42-39(47)50-26-31-20-12-7-13-21-31/h3-13,16-21,32-35,43H,1-2,14-15,22-28H2,(H,40,44)(H,41,45)(H,42,47). The minimum atomic E-state index is -1.08. The van der Waals surface area contributed by atoms with Crippen LogP contribution in [0.4, 0.5) is 4.79 Å².